The van der Waals surface area contributed by atoms with Gasteiger partial charge in [0.15, 0.2) is 17.4 Å². The van der Waals surface area contributed by atoms with Crippen LogP contribution in [0.4, 0.5) is 23.0 Å². The van der Waals surface area contributed by atoms with E-state index in [1.165, 1.54) is 12.7 Å². The third-order valence-corrected chi connectivity index (χ3v) is 11.0. The Kier molecular flexibility index (Phi) is 11.2. The molecule has 2 saturated carbocycles. The Morgan fingerprint density at radius 1 is 0.639 bits per heavy atom. The molecule has 2 amide bonds. The van der Waals surface area contributed by atoms with Crippen LogP contribution in [0.2, 0.25) is 0 Å². The van der Waals surface area contributed by atoms with E-state index in [0.717, 1.165) is 53.7 Å². The maximum absolute atomic E-state index is 13.2. The van der Waals surface area contributed by atoms with E-state index in [-0.39, 0.29) is 23.6 Å². The van der Waals surface area contributed by atoms with Gasteiger partial charge in [-0.15, -0.1) is 0 Å². The van der Waals surface area contributed by atoms with Crippen LogP contribution < -0.4 is 26.0 Å². The zero-order valence-electron chi connectivity index (χ0n) is 34.2. The molecule has 9 rings (SSSR count). The molecule has 15 nitrogen and oxygen atoms in total. The number of carbonyl (C=O) groups is 4. The number of rotatable bonds is 12. The molecule has 4 aromatic heterocycles. The molecular weight excluding hydrogens is 796 g/mol. The third-order valence-electron chi connectivity index (χ3n) is 10.8. The summed E-state index contributed by atoms with van der Waals surface area (Å²) >= 11 is 5.65. The number of nitrogens with one attached hydrogen (secondary N) is 4. The van der Waals surface area contributed by atoms with Gasteiger partial charge in [-0.2, -0.15) is 10.2 Å². The number of methoxy groups -OCH3 is 1. The summed E-state index contributed by atoms with van der Waals surface area (Å²) in [6.45, 7) is 7.59. The van der Waals surface area contributed by atoms with Gasteiger partial charge in [0.1, 0.15) is 29.4 Å². The molecular formula is C45H43ClN10O5. The number of amides is 2. The van der Waals surface area contributed by atoms with E-state index in [1.54, 1.807) is 71.9 Å². The average Bonchev–Trinajstić information content (AvgIpc) is 4.19. The maximum Gasteiger partial charge on any atom is 0.254 e. The lowest BCUT2D eigenvalue weighted by atomic mass is 10.0. The zero-order chi connectivity index (χ0) is 42.9. The van der Waals surface area contributed by atoms with Crippen molar-refractivity contribution in [3.63, 3.8) is 0 Å². The number of halogens is 1. The van der Waals surface area contributed by atoms with Crippen LogP contribution in [0.15, 0.2) is 85.7 Å². The van der Waals surface area contributed by atoms with Crippen LogP contribution in [0.3, 0.4) is 0 Å². The number of nitrogens with zero attached hydrogens (tertiary/aromatic N) is 6. The van der Waals surface area contributed by atoms with E-state index < -0.39 is 5.24 Å². The van der Waals surface area contributed by atoms with Gasteiger partial charge in [-0.05, 0) is 136 Å². The van der Waals surface area contributed by atoms with Gasteiger partial charge >= 0.3 is 0 Å². The quantitative estimate of drug-likeness (QED) is 0.0702. The lowest BCUT2D eigenvalue weighted by molar-refractivity contribution is 0.0942. The van der Waals surface area contributed by atoms with E-state index in [2.05, 4.69) is 41.4 Å². The number of benzene rings is 3. The average molecular weight is 839 g/mol. The van der Waals surface area contributed by atoms with E-state index in [1.807, 2.05) is 45.0 Å². The van der Waals surface area contributed by atoms with Crippen molar-refractivity contribution >= 4 is 68.5 Å². The van der Waals surface area contributed by atoms with Gasteiger partial charge in [-0.25, -0.2) is 19.0 Å². The Labute approximate surface area is 355 Å². The first-order chi connectivity index (χ1) is 29.4. The van der Waals surface area contributed by atoms with Gasteiger partial charge in [0.25, 0.3) is 17.1 Å². The zero-order valence-corrected chi connectivity index (χ0v) is 34.9. The number of ketones is 1. The van der Waals surface area contributed by atoms with Crippen LogP contribution in [-0.2, 0) is 0 Å². The highest BCUT2D eigenvalue weighted by Gasteiger charge is 2.26. The first kappa shape index (κ1) is 40.6. The highest BCUT2D eigenvalue weighted by molar-refractivity contribution is 6.68. The molecule has 0 spiro atoms. The predicted molar refractivity (Wildman–Crippen MR) is 232 cm³/mol. The van der Waals surface area contributed by atoms with E-state index >= 15 is 0 Å². The molecule has 0 unspecified atom stereocenters. The molecule has 3 aromatic carbocycles. The molecule has 310 valence electrons. The van der Waals surface area contributed by atoms with Gasteiger partial charge in [0, 0.05) is 58.1 Å². The minimum absolute atomic E-state index is 0.0791. The van der Waals surface area contributed by atoms with Crippen LogP contribution in [0.25, 0.3) is 11.0 Å². The normalized spacial score (nSPS) is 13.3. The number of fused-ring (bicyclic) bond motifs is 2. The van der Waals surface area contributed by atoms with Crippen LogP contribution in [0, 0.1) is 27.7 Å². The van der Waals surface area contributed by atoms with Gasteiger partial charge < -0.3 is 26.0 Å². The van der Waals surface area contributed by atoms with Crippen molar-refractivity contribution in [2.24, 2.45) is 0 Å². The number of ether oxygens (including phenoxy) is 1. The molecule has 0 saturated heterocycles. The van der Waals surface area contributed by atoms with Crippen LogP contribution >= 0.6 is 11.6 Å². The van der Waals surface area contributed by atoms with Crippen molar-refractivity contribution in [2.75, 3.05) is 17.7 Å². The lowest BCUT2D eigenvalue weighted by Gasteiger charge is -2.12. The number of anilines is 4. The van der Waals surface area contributed by atoms with Crippen molar-refractivity contribution in [1.82, 2.24) is 39.8 Å². The molecule has 2 fully saturated rings. The molecule has 2 aliphatic carbocycles. The molecule has 4 heterocycles. The number of carbonyl (C=O) groups excluding carboxylic acids is 4. The first-order valence-electron chi connectivity index (χ1n) is 19.8. The molecule has 4 N–H and O–H groups in total. The van der Waals surface area contributed by atoms with E-state index in [9.17, 15) is 19.2 Å². The summed E-state index contributed by atoms with van der Waals surface area (Å²) in [5, 5.41) is 20.5. The fraction of sp³-hybridized carbons (Fsp3) is 0.244. The number of hydrogen-bond donors (Lipinski definition) is 4. The van der Waals surface area contributed by atoms with Gasteiger partial charge in [-0.3, -0.25) is 19.2 Å². The van der Waals surface area contributed by atoms with Crippen LogP contribution in [0.1, 0.15) is 94.9 Å². The summed E-state index contributed by atoms with van der Waals surface area (Å²) in [6.07, 6.45) is 10.3. The summed E-state index contributed by atoms with van der Waals surface area (Å²) in [4.78, 5) is 58.4. The molecule has 0 atom stereocenters. The molecule has 0 bridgehead atoms. The monoisotopic (exact) mass is 838 g/mol. The lowest BCUT2D eigenvalue weighted by Crippen LogP contribution is -2.25. The van der Waals surface area contributed by atoms with Crippen molar-refractivity contribution in [3.05, 3.63) is 136 Å². The smallest absolute Gasteiger partial charge is 0.254 e. The summed E-state index contributed by atoms with van der Waals surface area (Å²) in [5.41, 5.74) is 8.96. The third kappa shape index (κ3) is 8.77. The van der Waals surface area contributed by atoms with Gasteiger partial charge in [0.2, 0.25) is 0 Å². The summed E-state index contributed by atoms with van der Waals surface area (Å²) in [6, 6.07) is 18.7. The molecule has 0 radical (unpaired) electrons. The largest absolute Gasteiger partial charge is 0.497 e. The van der Waals surface area contributed by atoms with Crippen molar-refractivity contribution in [3.8, 4) is 5.75 Å². The van der Waals surface area contributed by atoms with E-state index in [0.29, 0.717) is 67.8 Å². The second-order valence-corrected chi connectivity index (χ2v) is 15.6. The standard InChI is InChI=1S/C26H25N5O3.C19H18ClN5O2/c1-15-4-5-18(26(33)29-19-8-9-19)12-22(15)30-25-23-16(2)21(13-31(23)28-14-27-25)24(32)17-6-10-20(34-3)11-7-17;1-10-3-4-12(19(27)23-13-5-6-13)7-15(10)24-18-16-11(2)14(17(20)26)8-25(16)22-9-21-18/h4-7,10-14,19H,8-9H2,1-3H3,(H,29,33)(H,27,28,30);3-4,7-9,13H,5-6H2,1-2H3,(H,23,27)(H,21,22,24). The first-order valence-corrected chi connectivity index (χ1v) is 20.2. The van der Waals surface area contributed by atoms with E-state index in [4.69, 9.17) is 16.3 Å². The van der Waals surface area contributed by atoms with Crippen LogP contribution in [0.5, 0.6) is 5.75 Å². The summed E-state index contributed by atoms with van der Waals surface area (Å²) in [5.74, 6) is 1.52. The summed E-state index contributed by atoms with van der Waals surface area (Å²) in [7, 11) is 1.59. The number of aryl methyl sites for hydroxylation is 4. The second-order valence-electron chi connectivity index (χ2n) is 15.3. The van der Waals surface area contributed by atoms with Crippen molar-refractivity contribution in [2.45, 2.75) is 65.5 Å². The highest BCUT2D eigenvalue weighted by atomic mass is 35.5. The van der Waals surface area contributed by atoms with Gasteiger partial charge in [0.05, 0.1) is 12.7 Å². The molecule has 2 aliphatic rings. The topological polar surface area (TPSA) is 186 Å². The van der Waals surface area contributed by atoms with Crippen LogP contribution in [-0.4, -0.2) is 71.2 Å². The minimum Gasteiger partial charge on any atom is -0.497 e. The molecule has 16 heteroatoms. The fourth-order valence-corrected chi connectivity index (χ4v) is 7.06. The molecule has 7 aromatic rings. The SMILES string of the molecule is COc1ccc(C(=O)c2cn3ncnc(Nc4cc(C(=O)NC5CC5)ccc4C)c3c2C)cc1.Cc1ccc(C(=O)NC2CC2)cc1Nc1ncnn2cc(C(=O)Cl)c(C)c12. The van der Waals surface area contributed by atoms with Crippen molar-refractivity contribution in [1.29, 1.82) is 0 Å². The van der Waals surface area contributed by atoms with Crippen molar-refractivity contribution < 1.29 is 23.9 Å². The molecule has 0 aliphatic heterocycles. The minimum atomic E-state index is -0.543. The molecule has 61 heavy (non-hydrogen) atoms. The highest BCUT2D eigenvalue weighted by Crippen LogP contribution is 2.31. The number of aromatic nitrogens is 6. The Hall–Kier alpha value is -7.13. The summed E-state index contributed by atoms with van der Waals surface area (Å²) < 4.78 is 8.41. The Balaban J connectivity index is 0.000000173. The Bertz CT molecular complexity index is 2860. The Morgan fingerprint density at radius 3 is 1.52 bits per heavy atom. The second kappa shape index (κ2) is 16.9. The Morgan fingerprint density at radius 2 is 1.08 bits per heavy atom. The maximum atomic E-state index is 13.2. The van der Waals surface area contributed by atoms with Gasteiger partial charge in [-0.1, -0.05) is 12.1 Å². The predicted octanol–water partition coefficient (Wildman–Crippen LogP) is 7.58. The fourth-order valence-electron chi connectivity index (χ4n) is 6.87. The number of hydrogen-bond acceptors (Lipinski definition) is 11.